The topological polar surface area (TPSA) is 83.7 Å². The third-order valence-electron chi connectivity index (χ3n) is 3.91. The average molecular weight is 308 g/mol. The van der Waals surface area contributed by atoms with E-state index in [9.17, 15) is 14.7 Å². The van der Waals surface area contributed by atoms with Crippen molar-refractivity contribution in [3.05, 3.63) is 35.2 Å². The van der Waals surface area contributed by atoms with E-state index in [2.05, 4.69) is 10.3 Å². The highest BCUT2D eigenvalue weighted by atomic mass is 35.5. The molecule has 110 valence electrons. The van der Waals surface area contributed by atoms with Crippen LogP contribution < -0.4 is 5.32 Å². The van der Waals surface area contributed by atoms with Gasteiger partial charge in [0.25, 0.3) is 5.91 Å². The molecule has 2 heterocycles. The Morgan fingerprint density at radius 1 is 1.48 bits per heavy atom. The first-order valence-electron chi connectivity index (χ1n) is 6.62. The summed E-state index contributed by atoms with van der Waals surface area (Å²) in [6, 6.07) is 5.25. The number of carboxylic acids is 1. The summed E-state index contributed by atoms with van der Waals surface area (Å²) in [7, 11) is 0. The quantitative estimate of drug-likeness (QED) is 0.904. The van der Waals surface area contributed by atoms with Gasteiger partial charge in [0.1, 0.15) is 11.2 Å². The summed E-state index contributed by atoms with van der Waals surface area (Å²) < 4.78 is 1.55. The van der Waals surface area contributed by atoms with E-state index in [1.807, 2.05) is 0 Å². The van der Waals surface area contributed by atoms with Crippen molar-refractivity contribution in [2.45, 2.75) is 25.3 Å². The fourth-order valence-corrected chi connectivity index (χ4v) is 2.72. The molecule has 2 N–H and O–H groups in total. The number of carboxylic acid groups (broad SMARTS) is 1. The van der Waals surface area contributed by atoms with E-state index >= 15 is 0 Å². The fraction of sp³-hybridized carbons (Fsp3) is 0.357. The molecular formula is C14H14ClN3O3. The number of hydrogen-bond acceptors (Lipinski definition) is 3. The summed E-state index contributed by atoms with van der Waals surface area (Å²) in [5.74, 6) is -1.62. The Balaban J connectivity index is 1.97. The molecule has 3 rings (SSSR count). The normalized spacial score (nSPS) is 17.4. The SMILES string of the molecule is C[C@](NC(=O)c1c(Cl)nc2ccccn12)(C(=O)O)C1CC1. The number of amides is 1. The van der Waals surface area contributed by atoms with Crippen LogP contribution in [-0.4, -0.2) is 31.9 Å². The minimum atomic E-state index is -1.28. The van der Waals surface area contributed by atoms with E-state index in [4.69, 9.17) is 11.6 Å². The lowest BCUT2D eigenvalue weighted by atomic mass is 9.96. The van der Waals surface area contributed by atoms with Gasteiger partial charge in [0.2, 0.25) is 0 Å². The zero-order valence-electron chi connectivity index (χ0n) is 11.3. The van der Waals surface area contributed by atoms with Gasteiger partial charge in [-0.25, -0.2) is 9.78 Å². The number of carbonyl (C=O) groups excluding carboxylic acids is 1. The number of nitrogens with one attached hydrogen (secondary N) is 1. The van der Waals surface area contributed by atoms with Gasteiger partial charge in [-0.1, -0.05) is 17.7 Å². The third-order valence-corrected chi connectivity index (χ3v) is 4.18. The maximum Gasteiger partial charge on any atom is 0.329 e. The van der Waals surface area contributed by atoms with Gasteiger partial charge in [-0.15, -0.1) is 0 Å². The minimum Gasteiger partial charge on any atom is -0.480 e. The molecule has 1 fully saturated rings. The van der Waals surface area contributed by atoms with Gasteiger partial charge in [-0.2, -0.15) is 0 Å². The summed E-state index contributed by atoms with van der Waals surface area (Å²) in [5, 5.41) is 12.1. The summed E-state index contributed by atoms with van der Waals surface area (Å²) in [5.41, 5.74) is -0.587. The number of hydrogen-bond donors (Lipinski definition) is 2. The van der Waals surface area contributed by atoms with Crippen LogP contribution in [0.3, 0.4) is 0 Å². The highest BCUT2D eigenvalue weighted by molar-refractivity contribution is 6.32. The van der Waals surface area contributed by atoms with Crippen molar-refractivity contribution in [1.29, 1.82) is 0 Å². The highest BCUT2D eigenvalue weighted by Gasteiger charge is 2.49. The number of halogens is 1. The molecule has 1 aliphatic carbocycles. The molecule has 21 heavy (non-hydrogen) atoms. The summed E-state index contributed by atoms with van der Waals surface area (Å²) >= 11 is 6.03. The number of pyridine rings is 1. The van der Waals surface area contributed by atoms with Crippen LogP contribution in [0, 0.1) is 5.92 Å². The van der Waals surface area contributed by atoms with E-state index in [1.165, 1.54) is 6.92 Å². The first-order chi connectivity index (χ1) is 9.93. The fourth-order valence-electron chi connectivity index (χ4n) is 2.46. The molecular weight excluding hydrogens is 294 g/mol. The molecule has 0 aliphatic heterocycles. The van der Waals surface area contributed by atoms with E-state index in [0.29, 0.717) is 5.65 Å². The number of imidazole rings is 1. The molecule has 0 saturated heterocycles. The molecule has 2 aromatic heterocycles. The first kappa shape index (κ1) is 13.9. The maximum atomic E-state index is 12.5. The molecule has 1 amide bonds. The van der Waals surface area contributed by atoms with E-state index in [1.54, 1.807) is 28.8 Å². The number of nitrogens with zero attached hydrogens (tertiary/aromatic N) is 2. The predicted octanol–water partition coefficient (Wildman–Crippen LogP) is 1.97. The average Bonchev–Trinajstić information content (AvgIpc) is 3.21. The van der Waals surface area contributed by atoms with Gasteiger partial charge >= 0.3 is 5.97 Å². The minimum absolute atomic E-state index is 0.0445. The molecule has 7 heteroatoms. The molecule has 1 saturated carbocycles. The van der Waals surface area contributed by atoms with Crippen LogP contribution in [0.25, 0.3) is 5.65 Å². The van der Waals surface area contributed by atoms with Crippen LogP contribution >= 0.6 is 11.6 Å². The second-order valence-electron chi connectivity index (χ2n) is 5.42. The van der Waals surface area contributed by atoms with E-state index in [0.717, 1.165) is 12.8 Å². The van der Waals surface area contributed by atoms with E-state index < -0.39 is 17.4 Å². The number of rotatable bonds is 4. The lowest BCUT2D eigenvalue weighted by molar-refractivity contribution is -0.144. The zero-order chi connectivity index (χ0) is 15.2. The number of aliphatic carboxylic acids is 1. The maximum absolute atomic E-state index is 12.5. The van der Waals surface area contributed by atoms with Crippen molar-refractivity contribution in [2.24, 2.45) is 5.92 Å². The monoisotopic (exact) mass is 307 g/mol. The zero-order valence-corrected chi connectivity index (χ0v) is 12.1. The van der Waals surface area contributed by atoms with Crippen LogP contribution in [-0.2, 0) is 4.79 Å². The molecule has 6 nitrogen and oxygen atoms in total. The highest BCUT2D eigenvalue weighted by Crippen LogP contribution is 2.40. The molecule has 1 atom stereocenters. The Labute approximate surface area is 125 Å². The smallest absolute Gasteiger partial charge is 0.329 e. The molecule has 0 radical (unpaired) electrons. The van der Waals surface area contributed by atoms with Crippen molar-refractivity contribution in [3.63, 3.8) is 0 Å². The number of carbonyl (C=O) groups is 2. The largest absolute Gasteiger partial charge is 0.480 e. The summed E-state index contributed by atoms with van der Waals surface area (Å²) in [6.07, 6.45) is 3.26. The molecule has 1 aliphatic rings. The second kappa shape index (κ2) is 4.73. The van der Waals surface area contributed by atoms with Gasteiger partial charge in [0.15, 0.2) is 10.8 Å². The van der Waals surface area contributed by atoms with Crippen LogP contribution in [0.5, 0.6) is 0 Å². The molecule has 0 aromatic carbocycles. The Bertz CT molecular complexity index is 738. The lowest BCUT2D eigenvalue weighted by Gasteiger charge is -2.26. The third kappa shape index (κ3) is 2.25. The standard InChI is InChI=1S/C14H14ClN3O3/c1-14(13(20)21,8-5-6-8)17-12(19)10-11(15)16-9-4-2-3-7-18(9)10/h2-4,7-8H,5-6H2,1H3,(H,17,19)(H,20,21)/t14-/m1/s1. The van der Waals surface area contributed by atoms with Crippen molar-refractivity contribution >= 4 is 29.1 Å². The second-order valence-corrected chi connectivity index (χ2v) is 5.77. The molecule has 2 aromatic rings. The van der Waals surface area contributed by atoms with Gasteiger partial charge in [-0.3, -0.25) is 9.20 Å². The van der Waals surface area contributed by atoms with Crippen molar-refractivity contribution in [1.82, 2.24) is 14.7 Å². The first-order valence-corrected chi connectivity index (χ1v) is 7.00. The van der Waals surface area contributed by atoms with Crippen LogP contribution in [0.1, 0.15) is 30.3 Å². The number of fused-ring (bicyclic) bond motifs is 1. The van der Waals surface area contributed by atoms with Crippen LogP contribution in [0.2, 0.25) is 5.15 Å². The van der Waals surface area contributed by atoms with Crippen molar-refractivity contribution in [2.75, 3.05) is 0 Å². The van der Waals surface area contributed by atoms with Crippen molar-refractivity contribution < 1.29 is 14.7 Å². The molecule has 0 spiro atoms. The number of aromatic nitrogens is 2. The molecule has 0 bridgehead atoms. The lowest BCUT2D eigenvalue weighted by Crippen LogP contribution is -2.54. The van der Waals surface area contributed by atoms with E-state index in [-0.39, 0.29) is 16.8 Å². The van der Waals surface area contributed by atoms with Gasteiger partial charge in [0, 0.05) is 6.20 Å². The van der Waals surface area contributed by atoms with Crippen molar-refractivity contribution in [3.8, 4) is 0 Å². The Hall–Kier alpha value is -2.08. The summed E-state index contributed by atoms with van der Waals surface area (Å²) in [6.45, 7) is 1.53. The Morgan fingerprint density at radius 3 is 2.81 bits per heavy atom. The summed E-state index contributed by atoms with van der Waals surface area (Å²) in [4.78, 5) is 28.0. The predicted molar refractivity (Wildman–Crippen MR) is 76.4 cm³/mol. The van der Waals surface area contributed by atoms with Gasteiger partial charge in [-0.05, 0) is 37.8 Å². The Morgan fingerprint density at radius 2 is 2.19 bits per heavy atom. The molecule has 0 unspecified atom stereocenters. The van der Waals surface area contributed by atoms with Crippen LogP contribution in [0.15, 0.2) is 24.4 Å². The van der Waals surface area contributed by atoms with Crippen LogP contribution in [0.4, 0.5) is 0 Å². The Kier molecular flexibility index (Phi) is 3.13. The van der Waals surface area contributed by atoms with Gasteiger partial charge in [0.05, 0.1) is 0 Å². The van der Waals surface area contributed by atoms with Gasteiger partial charge < -0.3 is 10.4 Å².